The van der Waals surface area contributed by atoms with Gasteiger partial charge in [-0.25, -0.2) is 0 Å². The summed E-state index contributed by atoms with van der Waals surface area (Å²) in [6, 6.07) is 5.02. The molecule has 20 heavy (non-hydrogen) atoms. The number of amides is 1. The largest absolute Gasteiger partial charge is 0.330 e. The number of hydrogen-bond acceptors (Lipinski definition) is 2. The topological polar surface area (TPSA) is 55.1 Å². The van der Waals surface area contributed by atoms with Gasteiger partial charge in [0.2, 0.25) is 5.91 Å². The van der Waals surface area contributed by atoms with Crippen LogP contribution in [0.3, 0.4) is 0 Å². The Bertz CT molecular complexity index is 432. The lowest BCUT2D eigenvalue weighted by Gasteiger charge is -2.15. The molecule has 112 valence electrons. The summed E-state index contributed by atoms with van der Waals surface area (Å²) in [4.78, 5) is 11.9. The van der Waals surface area contributed by atoms with E-state index in [1.54, 1.807) is 18.2 Å². The molecule has 1 rings (SSSR count). The molecule has 3 nitrogen and oxygen atoms in total. The van der Waals surface area contributed by atoms with Crippen LogP contribution in [0.15, 0.2) is 18.2 Å². The molecule has 0 saturated heterocycles. The summed E-state index contributed by atoms with van der Waals surface area (Å²) in [5, 5.41) is 3.85. The van der Waals surface area contributed by atoms with E-state index in [0.29, 0.717) is 34.6 Å². The first-order chi connectivity index (χ1) is 9.56. The minimum Gasteiger partial charge on any atom is -0.330 e. The van der Waals surface area contributed by atoms with Crippen LogP contribution in [0.2, 0.25) is 10.0 Å². The van der Waals surface area contributed by atoms with Gasteiger partial charge in [0.15, 0.2) is 0 Å². The highest BCUT2D eigenvalue weighted by molar-refractivity contribution is 6.35. The zero-order valence-electron chi connectivity index (χ0n) is 11.8. The van der Waals surface area contributed by atoms with Gasteiger partial charge in [-0.3, -0.25) is 4.79 Å². The van der Waals surface area contributed by atoms with Crippen LogP contribution in [0.1, 0.15) is 39.0 Å². The molecular formula is C15H22Cl2N2O. The van der Waals surface area contributed by atoms with Crippen LogP contribution in [0, 0.1) is 5.92 Å². The van der Waals surface area contributed by atoms with E-state index in [-0.39, 0.29) is 5.91 Å². The molecule has 0 aliphatic rings. The quantitative estimate of drug-likeness (QED) is 0.743. The molecule has 1 unspecified atom stereocenters. The molecule has 1 aromatic carbocycles. The number of hydrogen-bond donors (Lipinski definition) is 2. The van der Waals surface area contributed by atoms with E-state index in [4.69, 9.17) is 28.9 Å². The Morgan fingerprint density at radius 3 is 2.70 bits per heavy atom. The standard InChI is InChI=1S/C15H22Cl2N2O/c1-2-3-11(8-9-18)4-7-15(20)19-14-10-12(16)5-6-13(14)17/h5-6,10-11H,2-4,7-9,18H2,1H3,(H,19,20). The summed E-state index contributed by atoms with van der Waals surface area (Å²) >= 11 is 11.9. The first kappa shape index (κ1) is 17.3. The fourth-order valence-electron chi connectivity index (χ4n) is 2.22. The van der Waals surface area contributed by atoms with Crippen molar-refractivity contribution in [3.8, 4) is 0 Å². The molecule has 5 heteroatoms. The van der Waals surface area contributed by atoms with Crippen molar-refractivity contribution in [2.75, 3.05) is 11.9 Å². The van der Waals surface area contributed by atoms with Gasteiger partial charge in [-0.1, -0.05) is 43.0 Å². The molecule has 0 saturated carbocycles. The Kier molecular flexibility index (Phi) is 7.97. The summed E-state index contributed by atoms with van der Waals surface area (Å²) in [7, 11) is 0. The summed E-state index contributed by atoms with van der Waals surface area (Å²) in [5.74, 6) is 0.484. The summed E-state index contributed by atoms with van der Waals surface area (Å²) < 4.78 is 0. The number of nitrogens with one attached hydrogen (secondary N) is 1. The third-order valence-electron chi connectivity index (χ3n) is 3.25. The average molecular weight is 317 g/mol. The second-order valence-corrected chi connectivity index (χ2v) is 5.79. The number of anilines is 1. The van der Waals surface area contributed by atoms with Crippen molar-refractivity contribution in [3.05, 3.63) is 28.2 Å². The molecule has 0 aliphatic carbocycles. The van der Waals surface area contributed by atoms with Crippen molar-refractivity contribution in [2.24, 2.45) is 11.7 Å². The van der Waals surface area contributed by atoms with E-state index in [1.807, 2.05) is 0 Å². The molecule has 1 atom stereocenters. The molecule has 0 fully saturated rings. The number of halogens is 2. The van der Waals surface area contributed by atoms with E-state index >= 15 is 0 Å². The molecule has 0 spiro atoms. The van der Waals surface area contributed by atoms with Gasteiger partial charge >= 0.3 is 0 Å². The van der Waals surface area contributed by atoms with Gasteiger partial charge in [-0.15, -0.1) is 0 Å². The third-order valence-corrected chi connectivity index (χ3v) is 3.82. The van der Waals surface area contributed by atoms with Gasteiger partial charge < -0.3 is 11.1 Å². The predicted molar refractivity (Wildman–Crippen MR) is 86.4 cm³/mol. The van der Waals surface area contributed by atoms with Gasteiger partial charge in [-0.05, 0) is 43.5 Å². The Morgan fingerprint density at radius 2 is 2.05 bits per heavy atom. The highest BCUT2D eigenvalue weighted by Crippen LogP contribution is 2.26. The van der Waals surface area contributed by atoms with E-state index in [9.17, 15) is 4.79 Å². The second kappa shape index (κ2) is 9.22. The van der Waals surface area contributed by atoms with Crippen molar-refractivity contribution in [2.45, 2.75) is 39.0 Å². The fourth-order valence-corrected chi connectivity index (χ4v) is 2.56. The first-order valence-electron chi connectivity index (χ1n) is 7.01. The van der Waals surface area contributed by atoms with Gasteiger partial charge in [0.25, 0.3) is 0 Å². The molecule has 1 amide bonds. The summed E-state index contributed by atoms with van der Waals surface area (Å²) in [6.45, 7) is 2.82. The minimum atomic E-state index is -0.0349. The zero-order chi connectivity index (χ0) is 15.0. The fraction of sp³-hybridized carbons (Fsp3) is 0.533. The molecule has 0 heterocycles. The maximum atomic E-state index is 11.9. The minimum absolute atomic E-state index is 0.0349. The number of nitrogens with two attached hydrogens (primary N) is 1. The monoisotopic (exact) mass is 316 g/mol. The van der Waals surface area contributed by atoms with Gasteiger partial charge in [0, 0.05) is 11.4 Å². The van der Waals surface area contributed by atoms with Gasteiger partial charge in [0.1, 0.15) is 0 Å². The Balaban J connectivity index is 2.48. The number of benzene rings is 1. The molecule has 1 aromatic rings. The van der Waals surface area contributed by atoms with Crippen LogP contribution in [-0.2, 0) is 4.79 Å². The van der Waals surface area contributed by atoms with Crippen molar-refractivity contribution in [1.82, 2.24) is 0 Å². The van der Waals surface area contributed by atoms with Crippen molar-refractivity contribution in [3.63, 3.8) is 0 Å². The average Bonchev–Trinajstić information content (AvgIpc) is 2.41. The molecule has 0 aromatic heterocycles. The van der Waals surface area contributed by atoms with Crippen LogP contribution in [0.4, 0.5) is 5.69 Å². The maximum absolute atomic E-state index is 11.9. The van der Waals surface area contributed by atoms with Crippen LogP contribution < -0.4 is 11.1 Å². The molecule has 3 N–H and O–H groups in total. The van der Waals surface area contributed by atoms with E-state index in [0.717, 1.165) is 25.7 Å². The van der Waals surface area contributed by atoms with Gasteiger partial charge in [0.05, 0.1) is 10.7 Å². The summed E-state index contributed by atoms with van der Waals surface area (Å²) in [6.07, 6.45) is 4.54. The van der Waals surface area contributed by atoms with Gasteiger partial charge in [-0.2, -0.15) is 0 Å². The smallest absolute Gasteiger partial charge is 0.224 e. The molecule has 0 radical (unpaired) electrons. The maximum Gasteiger partial charge on any atom is 0.224 e. The zero-order valence-corrected chi connectivity index (χ0v) is 13.3. The van der Waals surface area contributed by atoms with Crippen LogP contribution >= 0.6 is 23.2 Å². The Morgan fingerprint density at radius 1 is 1.30 bits per heavy atom. The van der Waals surface area contributed by atoms with E-state index in [1.165, 1.54) is 0 Å². The number of rotatable bonds is 8. The van der Waals surface area contributed by atoms with E-state index in [2.05, 4.69) is 12.2 Å². The lowest BCUT2D eigenvalue weighted by molar-refractivity contribution is -0.116. The third kappa shape index (κ3) is 6.12. The van der Waals surface area contributed by atoms with Crippen molar-refractivity contribution < 1.29 is 4.79 Å². The van der Waals surface area contributed by atoms with Crippen LogP contribution in [0.25, 0.3) is 0 Å². The molecule has 0 aliphatic heterocycles. The predicted octanol–water partition coefficient (Wildman–Crippen LogP) is 4.48. The highest BCUT2D eigenvalue weighted by Gasteiger charge is 2.11. The molecular weight excluding hydrogens is 295 g/mol. The van der Waals surface area contributed by atoms with E-state index < -0.39 is 0 Å². The second-order valence-electron chi connectivity index (χ2n) is 4.94. The number of carbonyl (C=O) groups excluding carboxylic acids is 1. The first-order valence-corrected chi connectivity index (χ1v) is 7.77. The number of carbonyl (C=O) groups is 1. The normalized spacial score (nSPS) is 12.2. The highest BCUT2D eigenvalue weighted by atomic mass is 35.5. The summed E-state index contributed by atoms with van der Waals surface area (Å²) in [5.41, 5.74) is 6.16. The van der Waals surface area contributed by atoms with Crippen LogP contribution in [0.5, 0.6) is 0 Å². The molecule has 0 bridgehead atoms. The Hall–Kier alpha value is -0.770. The van der Waals surface area contributed by atoms with Crippen molar-refractivity contribution in [1.29, 1.82) is 0 Å². The lowest BCUT2D eigenvalue weighted by atomic mass is 9.94. The van der Waals surface area contributed by atoms with Crippen LogP contribution in [-0.4, -0.2) is 12.5 Å². The van der Waals surface area contributed by atoms with Crippen molar-refractivity contribution >= 4 is 34.8 Å². The Labute approximate surface area is 130 Å². The lowest BCUT2D eigenvalue weighted by Crippen LogP contribution is -2.15. The SMILES string of the molecule is CCCC(CCN)CCC(=O)Nc1cc(Cl)ccc1Cl.